The third kappa shape index (κ3) is 3.63. The molecule has 0 amide bonds. The number of aliphatic imine (C=N–C) groups is 1. The number of nitrogens with two attached hydrogens (primary N) is 1. The van der Waals surface area contributed by atoms with Gasteiger partial charge in [0.25, 0.3) is 0 Å². The predicted molar refractivity (Wildman–Crippen MR) is 135 cm³/mol. The Morgan fingerprint density at radius 1 is 0.971 bits per heavy atom. The molecule has 3 aromatic rings. The molecule has 1 aliphatic carbocycles. The van der Waals surface area contributed by atoms with E-state index in [-0.39, 0.29) is 0 Å². The number of halogens is 2. The van der Waals surface area contributed by atoms with Crippen molar-refractivity contribution in [1.29, 1.82) is 0 Å². The second-order valence-corrected chi connectivity index (χ2v) is 10.3. The van der Waals surface area contributed by atoms with Crippen LogP contribution in [0.4, 0.5) is 0 Å². The van der Waals surface area contributed by atoms with E-state index < -0.39 is 11.3 Å². The Balaban J connectivity index is 1.48. The zero-order valence-electron chi connectivity index (χ0n) is 18.9. The molecule has 0 fully saturated rings. The minimum Gasteiger partial charge on any atom is -0.486 e. The highest BCUT2D eigenvalue weighted by Crippen LogP contribution is 2.53. The van der Waals surface area contributed by atoms with Crippen LogP contribution in [0.2, 0.25) is 10.0 Å². The summed E-state index contributed by atoms with van der Waals surface area (Å²) in [6, 6.07) is 20.3. The van der Waals surface area contributed by atoms with Gasteiger partial charge in [-0.05, 0) is 71.8 Å². The molecule has 34 heavy (non-hydrogen) atoms. The molecule has 6 rings (SSSR count). The molecule has 2 heterocycles. The lowest BCUT2D eigenvalue weighted by Gasteiger charge is -2.45. The quantitative estimate of drug-likeness (QED) is 0.444. The molecule has 0 radical (unpaired) electrons. The van der Waals surface area contributed by atoms with Gasteiger partial charge in [-0.2, -0.15) is 0 Å². The molecule has 3 aromatic carbocycles. The molecular formula is C27H25Cl2N3O2. The lowest BCUT2D eigenvalue weighted by Crippen LogP contribution is -2.49. The molecule has 2 unspecified atom stereocenters. The Kier molecular flexibility index (Phi) is 5.07. The smallest absolute Gasteiger partial charge is 0.222 e. The highest BCUT2D eigenvalue weighted by atomic mass is 35.5. The van der Waals surface area contributed by atoms with Crippen molar-refractivity contribution in [2.24, 2.45) is 10.7 Å². The van der Waals surface area contributed by atoms with Gasteiger partial charge in [0, 0.05) is 29.9 Å². The van der Waals surface area contributed by atoms with Gasteiger partial charge in [-0.1, -0.05) is 53.5 Å². The van der Waals surface area contributed by atoms with Crippen LogP contribution in [0.3, 0.4) is 0 Å². The van der Waals surface area contributed by atoms with E-state index in [4.69, 9.17) is 43.5 Å². The molecule has 0 saturated carbocycles. The second-order valence-electron chi connectivity index (χ2n) is 9.47. The van der Waals surface area contributed by atoms with Crippen LogP contribution in [-0.4, -0.2) is 23.7 Å². The molecule has 0 bridgehead atoms. The van der Waals surface area contributed by atoms with E-state index in [1.807, 2.05) is 24.3 Å². The topological polar surface area (TPSA) is 60.1 Å². The highest BCUT2D eigenvalue weighted by Gasteiger charge is 2.54. The van der Waals surface area contributed by atoms with E-state index >= 15 is 0 Å². The summed E-state index contributed by atoms with van der Waals surface area (Å²) >= 11 is 12.6. The number of guanidine groups is 1. The molecule has 7 heteroatoms. The van der Waals surface area contributed by atoms with Crippen molar-refractivity contribution in [3.05, 3.63) is 87.4 Å². The summed E-state index contributed by atoms with van der Waals surface area (Å²) < 4.78 is 6.83. The summed E-state index contributed by atoms with van der Waals surface area (Å²) in [6.07, 6.45) is 4.37. The Hall–Kier alpha value is -2.73. The second kappa shape index (κ2) is 7.91. The largest absolute Gasteiger partial charge is 0.486 e. The number of fused-ring (bicyclic) bond motifs is 3. The van der Waals surface area contributed by atoms with E-state index in [1.165, 1.54) is 11.1 Å². The van der Waals surface area contributed by atoms with Crippen LogP contribution in [0.15, 0.2) is 65.7 Å². The number of nitrogens with zero attached hydrogens (tertiary/aromatic N) is 2. The minimum atomic E-state index is -0.954. The Morgan fingerprint density at radius 2 is 1.74 bits per heavy atom. The summed E-state index contributed by atoms with van der Waals surface area (Å²) in [5.74, 6) is 1.13. The van der Waals surface area contributed by atoms with Crippen LogP contribution in [-0.2, 0) is 23.4 Å². The zero-order chi connectivity index (χ0) is 23.5. The van der Waals surface area contributed by atoms with Crippen LogP contribution in [0.25, 0.3) is 11.1 Å². The molecule has 174 valence electrons. The van der Waals surface area contributed by atoms with Crippen LogP contribution < -0.4 is 10.5 Å². The average Bonchev–Trinajstić information content (AvgIpc) is 2.96. The van der Waals surface area contributed by atoms with Gasteiger partial charge in [0.1, 0.15) is 11.4 Å². The first kappa shape index (κ1) is 21.8. The van der Waals surface area contributed by atoms with E-state index in [9.17, 15) is 0 Å². The van der Waals surface area contributed by atoms with Crippen LogP contribution in [0, 0.1) is 0 Å². The van der Waals surface area contributed by atoms with Crippen molar-refractivity contribution >= 4 is 29.2 Å². The molecule has 2 aliphatic heterocycles. The van der Waals surface area contributed by atoms with Crippen molar-refractivity contribution in [1.82, 2.24) is 5.06 Å². The third-order valence-corrected chi connectivity index (χ3v) is 7.54. The standard InChI is InChI=1S/C27H25Cl2N3O2/c1-32-25(30)31-27(34-32)16-26(10-4-7-17-5-2-3-6-19(17)15-26)33-24-9-8-18(13-23(24)27)20-11-21(28)14-22(29)12-20/h2-3,5-6,8-9,11-14H,4,7,10,15-16H2,1H3,(H2,30,31). The monoisotopic (exact) mass is 493 g/mol. The predicted octanol–water partition coefficient (Wildman–Crippen LogP) is 6.11. The molecule has 0 aromatic heterocycles. The first-order valence-electron chi connectivity index (χ1n) is 11.5. The van der Waals surface area contributed by atoms with Gasteiger partial charge >= 0.3 is 0 Å². The van der Waals surface area contributed by atoms with Gasteiger partial charge in [0.15, 0.2) is 0 Å². The van der Waals surface area contributed by atoms with Crippen molar-refractivity contribution in [3.63, 3.8) is 0 Å². The number of rotatable bonds is 1. The lowest BCUT2D eigenvalue weighted by atomic mass is 9.78. The van der Waals surface area contributed by atoms with Crippen LogP contribution >= 0.6 is 23.2 Å². The fourth-order valence-electron chi connectivity index (χ4n) is 5.60. The van der Waals surface area contributed by atoms with Crippen LogP contribution in [0.5, 0.6) is 5.75 Å². The maximum Gasteiger partial charge on any atom is 0.222 e. The van der Waals surface area contributed by atoms with Crippen LogP contribution in [0.1, 0.15) is 36.0 Å². The third-order valence-electron chi connectivity index (χ3n) is 7.10. The van der Waals surface area contributed by atoms with E-state index in [1.54, 1.807) is 18.2 Å². The number of aryl methyl sites for hydroxylation is 1. The van der Waals surface area contributed by atoms with Crippen molar-refractivity contribution in [2.75, 3.05) is 7.05 Å². The summed E-state index contributed by atoms with van der Waals surface area (Å²) in [4.78, 5) is 11.3. The molecule has 2 N–H and O–H groups in total. The molecule has 5 nitrogen and oxygen atoms in total. The Morgan fingerprint density at radius 3 is 2.47 bits per heavy atom. The maximum absolute atomic E-state index is 6.83. The molecule has 2 spiro atoms. The summed E-state index contributed by atoms with van der Waals surface area (Å²) in [7, 11) is 1.79. The van der Waals surface area contributed by atoms with Crippen molar-refractivity contribution in [3.8, 4) is 16.9 Å². The fraction of sp³-hybridized carbons (Fsp3) is 0.296. The van der Waals surface area contributed by atoms with Crippen molar-refractivity contribution in [2.45, 2.75) is 43.4 Å². The Bertz CT molecular complexity index is 1310. The van der Waals surface area contributed by atoms with Gasteiger partial charge < -0.3 is 10.5 Å². The Labute approximate surface area is 209 Å². The molecule has 2 atom stereocenters. The number of benzene rings is 3. The first-order chi connectivity index (χ1) is 16.3. The number of hydroxylamine groups is 2. The summed E-state index contributed by atoms with van der Waals surface area (Å²) in [6.45, 7) is 0. The fourth-order valence-corrected chi connectivity index (χ4v) is 6.13. The van der Waals surface area contributed by atoms with Crippen molar-refractivity contribution < 1.29 is 9.57 Å². The summed E-state index contributed by atoms with van der Waals surface area (Å²) in [5.41, 5.74) is 10.3. The minimum absolute atomic E-state index is 0.355. The lowest BCUT2D eigenvalue weighted by molar-refractivity contribution is -0.204. The number of hydrogen-bond acceptors (Lipinski definition) is 5. The molecule has 3 aliphatic rings. The first-order valence-corrected chi connectivity index (χ1v) is 12.3. The number of ether oxygens (including phenoxy) is 1. The van der Waals surface area contributed by atoms with E-state index in [0.29, 0.717) is 22.4 Å². The molecule has 0 saturated heterocycles. The van der Waals surface area contributed by atoms with Gasteiger partial charge in [-0.15, -0.1) is 0 Å². The number of hydrogen-bond donors (Lipinski definition) is 1. The maximum atomic E-state index is 6.83. The van der Waals surface area contributed by atoms with E-state index in [2.05, 4.69) is 30.3 Å². The highest BCUT2D eigenvalue weighted by molar-refractivity contribution is 6.35. The molecular weight excluding hydrogens is 469 g/mol. The van der Waals surface area contributed by atoms with Gasteiger partial charge in [-0.3, -0.25) is 0 Å². The SMILES string of the molecule is CN1OC2(CC3(CCCc4ccccc4C3)Oc3ccc(-c4cc(Cl)cc(Cl)c4)cc32)N=C1N. The normalized spacial score (nSPS) is 25.5. The van der Waals surface area contributed by atoms with Gasteiger partial charge in [0.2, 0.25) is 11.7 Å². The average molecular weight is 494 g/mol. The van der Waals surface area contributed by atoms with E-state index in [0.717, 1.165) is 48.1 Å². The van der Waals surface area contributed by atoms with Gasteiger partial charge in [0.05, 0.1) is 5.56 Å². The zero-order valence-corrected chi connectivity index (χ0v) is 20.4. The van der Waals surface area contributed by atoms with Gasteiger partial charge in [-0.25, -0.2) is 14.9 Å². The summed E-state index contributed by atoms with van der Waals surface area (Å²) in [5, 5.41) is 2.72.